The van der Waals surface area contributed by atoms with Crippen LogP contribution in [-0.2, 0) is 4.79 Å². The Morgan fingerprint density at radius 1 is 1.82 bits per heavy atom. The van der Waals surface area contributed by atoms with Crippen LogP contribution in [0, 0.1) is 7.05 Å². The highest BCUT2D eigenvalue weighted by Crippen LogP contribution is 2.18. The lowest BCUT2D eigenvalue weighted by Crippen LogP contribution is -2.39. The van der Waals surface area contributed by atoms with Crippen LogP contribution in [0.15, 0.2) is 0 Å². The maximum absolute atomic E-state index is 11.3. The predicted octanol–water partition coefficient (Wildman–Crippen LogP) is 1.17. The number of carbonyl (C=O) groups is 1. The second-order valence-corrected chi connectivity index (χ2v) is 4.22. The van der Waals surface area contributed by atoms with Crippen LogP contribution >= 0.6 is 11.8 Å². The van der Waals surface area contributed by atoms with Crippen LogP contribution in [0.2, 0.25) is 0 Å². The second kappa shape index (κ2) is 4.12. The Morgan fingerprint density at radius 3 is 3.18 bits per heavy atom. The molecule has 0 aromatic heterocycles. The van der Waals surface area contributed by atoms with Crippen molar-refractivity contribution in [2.45, 2.75) is 18.6 Å². The van der Waals surface area contributed by atoms with Crippen molar-refractivity contribution in [1.82, 2.24) is 4.90 Å². The first-order chi connectivity index (χ1) is 5.24. The molecule has 1 fully saturated rings. The molecule has 2 nitrogen and oxygen atoms in total. The fourth-order valence-electron chi connectivity index (χ4n) is 1.20. The van der Waals surface area contributed by atoms with Gasteiger partial charge in [0, 0.05) is 6.42 Å². The number of ketones is 1. The molecule has 1 aliphatic heterocycles. The van der Waals surface area contributed by atoms with Gasteiger partial charge < -0.3 is 4.90 Å². The summed E-state index contributed by atoms with van der Waals surface area (Å²) in [5.41, 5.74) is 0. The highest BCUT2D eigenvalue weighted by Gasteiger charge is 2.21. The van der Waals surface area contributed by atoms with Gasteiger partial charge in [-0.2, -0.15) is 0 Å². The molecule has 1 atom stereocenters. The highest BCUT2D eigenvalue weighted by molar-refractivity contribution is 8.00. The number of hydrogen-bond donors (Lipinski definition) is 0. The van der Waals surface area contributed by atoms with Crippen molar-refractivity contribution in [2.24, 2.45) is 0 Å². The number of carbonyl (C=O) groups excluding carboxylic acids is 1. The number of nitrogens with zero attached hydrogens (tertiary/aromatic N) is 1. The fourth-order valence-corrected chi connectivity index (χ4v) is 2.23. The zero-order chi connectivity index (χ0) is 8.27. The Hall–Kier alpha value is -0.0200. The zero-order valence-electron chi connectivity index (χ0n) is 6.88. The Kier molecular flexibility index (Phi) is 3.40. The SMILES string of the molecule is [CH2-]N1CCC(=O)C(SCC)C1. The van der Waals surface area contributed by atoms with E-state index in [4.69, 9.17) is 0 Å². The molecule has 0 radical (unpaired) electrons. The lowest BCUT2D eigenvalue weighted by Gasteiger charge is -2.33. The standard InChI is InChI=1S/C8H14NOS/c1-3-11-8-6-9(2)5-4-7(8)10/h8H,2-6H2,1H3/q-1. The molecule has 0 amide bonds. The summed E-state index contributed by atoms with van der Waals surface area (Å²) in [5.74, 6) is 1.42. The molecule has 0 aromatic carbocycles. The maximum Gasteiger partial charge on any atom is 0.148 e. The average molecular weight is 172 g/mol. The van der Waals surface area contributed by atoms with E-state index in [9.17, 15) is 4.79 Å². The molecule has 0 aliphatic carbocycles. The number of piperidine rings is 1. The minimum atomic E-state index is 0.186. The molecule has 0 bridgehead atoms. The molecule has 0 saturated carbocycles. The van der Waals surface area contributed by atoms with E-state index < -0.39 is 0 Å². The van der Waals surface area contributed by atoms with Gasteiger partial charge in [0.05, 0.1) is 5.25 Å². The van der Waals surface area contributed by atoms with Crippen molar-refractivity contribution in [3.05, 3.63) is 7.05 Å². The first kappa shape index (κ1) is 9.07. The van der Waals surface area contributed by atoms with Gasteiger partial charge in [-0.05, 0) is 18.8 Å². The van der Waals surface area contributed by atoms with Gasteiger partial charge in [-0.25, -0.2) is 0 Å². The molecule has 1 rings (SSSR count). The molecule has 1 unspecified atom stereocenters. The molecule has 1 aliphatic rings. The first-order valence-electron chi connectivity index (χ1n) is 3.93. The Morgan fingerprint density at radius 2 is 2.55 bits per heavy atom. The van der Waals surface area contributed by atoms with E-state index in [0.717, 1.165) is 18.8 Å². The molecule has 64 valence electrons. The third-order valence-electron chi connectivity index (χ3n) is 1.83. The Bertz CT molecular complexity index is 149. The van der Waals surface area contributed by atoms with E-state index in [1.165, 1.54) is 0 Å². The lowest BCUT2D eigenvalue weighted by molar-refractivity contribution is -0.120. The molecular formula is C8H14NOS-. The highest BCUT2D eigenvalue weighted by atomic mass is 32.2. The Labute approximate surface area is 72.3 Å². The van der Waals surface area contributed by atoms with Crippen LogP contribution in [0.3, 0.4) is 0 Å². The summed E-state index contributed by atoms with van der Waals surface area (Å²) in [5, 5.41) is 0.186. The van der Waals surface area contributed by atoms with Gasteiger partial charge in [-0.15, -0.1) is 11.8 Å². The van der Waals surface area contributed by atoms with Crippen LogP contribution in [0.25, 0.3) is 0 Å². The first-order valence-corrected chi connectivity index (χ1v) is 4.98. The fraction of sp³-hybridized carbons (Fsp3) is 0.750. The number of rotatable bonds is 2. The number of thioether (sulfide) groups is 1. The van der Waals surface area contributed by atoms with E-state index >= 15 is 0 Å². The third-order valence-corrected chi connectivity index (χ3v) is 2.97. The minimum absolute atomic E-state index is 0.186. The summed E-state index contributed by atoms with van der Waals surface area (Å²) in [6.07, 6.45) is 0.682. The monoisotopic (exact) mass is 172 g/mol. The van der Waals surface area contributed by atoms with Gasteiger partial charge in [-0.1, -0.05) is 6.92 Å². The topological polar surface area (TPSA) is 20.3 Å². The van der Waals surface area contributed by atoms with E-state index in [-0.39, 0.29) is 5.25 Å². The summed E-state index contributed by atoms with van der Waals surface area (Å²) >= 11 is 1.73. The van der Waals surface area contributed by atoms with Gasteiger partial charge >= 0.3 is 0 Å². The van der Waals surface area contributed by atoms with Crippen LogP contribution in [0.1, 0.15) is 13.3 Å². The smallest absolute Gasteiger partial charge is 0.148 e. The summed E-state index contributed by atoms with van der Waals surface area (Å²) in [7, 11) is 3.83. The van der Waals surface area contributed by atoms with Crippen molar-refractivity contribution in [3.8, 4) is 0 Å². The summed E-state index contributed by atoms with van der Waals surface area (Å²) in [6, 6.07) is 0. The largest absolute Gasteiger partial charge is 0.458 e. The van der Waals surface area contributed by atoms with Gasteiger partial charge in [0.15, 0.2) is 0 Å². The number of Topliss-reactive ketones (excluding diaryl/α,β-unsaturated/α-hetero) is 1. The lowest BCUT2D eigenvalue weighted by atomic mass is 10.1. The molecule has 3 heteroatoms. The second-order valence-electron chi connectivity index (χ2n) is 2.74. The van der Waals surface area contributed by atoms with E-state index in [1.54, 1.807) is 11.8 Å². The summed E-state index contributed by atoms with van der Waals surface area (Å²) < 4.78 is 0. The Balaban J connectivity index is 2.40. The van der Waals surface area contributed by atoms with Crippen LogP contribution in [0.4, 0.5) is 0 Å². The van der Waals surface area contributed by atoms with Crippen molar-refractivity contribution in [1.29, 1.82) is 0 Å². The molecule has 1 saturated heterocycles. The number of likely N-dealkylation sites (tertiary alicyclic amines) is 1. The van der Waals surface area contributed by atoms with E-state index in [2.05, 4.69) is 14.0 Å². The average Bonchev–Trinajstić information content (AvgIpc) is 1.98. The van der Waals surface area contributed by atoms with Crippen molar-refractivity contribution < 1.29 is 4.79 Å². The van der Waals surface area contributed by atoms with E-state index in [0.29, 0.717) is 12.2 Å². The maximum atomic E-state index is 11.3. The molecule has 0 spiro atoms. The van der Waals surface area contributed by atoms with Crippen molar-refractivity contribution in [2.75, 3.05) is 18.8 Å². The molecule has 0 aromatic rings. The molecule has 11 heavy (non-hydrogen) atoms. The summed E-state index contributed by atoms with van der Waals surface area (Å²) in [4.78, 5) is 13.2. The number of hydrogen-bond acceptors (Lipinski definition) is 3. The zero-order valence-corrected chi connectivity index (χ0v) is 7.69. The van der Waals surface area contributed by atoms with Gasteiger partial charge in [0.2, 0.25) is 0 Å². The quantitative estimate of drug-likeness (QED) is 0.583. The van der Waals surface area contributed by atoms with Crippen LogP contribution < -0.4 is 0 Å². The molecule has 1 heterocycles. The molecule has 0 N–H and O–H groups in total. The van der Waals surface area contributed by atoms with Crippen LogP contribution in [-0.4, -0.2) is 34.8 Å². The third kappa shape index (κ3) is 2.49. The predicted molar refractivity (Wildman–Crippen MR) is 48.5 cm³/mol. The van der Waals surface area contributed by atoms with Gasteiger partial charge in [0.1, 0.15) is 5.78 Å². The van der Waals surface area contributed by atoms with E-state index in [1.807, 2.05) is 4.90 Å². The normalized spacial score (nSPS) is 27.5. The van der Waals surface area contributed by atoms with Gasteiger partial charge in [-0.3, -0.25) is 11.8 Å². The van der Waals surface area contributed by atoms with Gasteiger partial charge in [0.25, 0.3) is 0 Å². The molecular weight excluding hydrogens is 158 g/mol. The van der Waals surface area contributed by atoms with Crippen LogP contribution in [0.5, 0.6) is 0 Å². The minimum Gasteiger partial charge on any atom is -0.458 e. The summed E-state index contributed by atoms with van der Waals surface area (Å²) in [6.45, 7) is 3.75. The van der Waals surface area contributed by atoms with Crippen molar-refractivity contribution in [3.63, 3.8) is 0 Å². The van der Waals surface area contributed by atoms with Crippen molar-refractivity contribution >= 4 is 17.5 Å².